The van der Waals surface area contributed by atoms with Gasteiger partial charge in [-0.25, -0.2) is 4.79 Å². The summed E-state index contributed by atoms with van der Waals surface area (Å²) in [5, 5.41) is 3.27. The predicted molar refractivity (Wildman–Crippen MR) is 75.3 cm³/mol. The van der Waals surface area contributed by atoms with E-state index in [2.05, 4.69) is 5.32 Å². The highest BCUT2D eigenvalue weighted by molar-refractivity contribution is 5.83. The molecule has 1 atom stereocenters. The quantitative estimate of drug-likeness (QED) is 0.803. The molecule has 0 bridgehead atoms. The molecule has 0 saturated heterocycles. The normalized spacial score (nSPS) is 14.0. The zero-order valence-corrected chi connectivity index (χ0v) is 12.3. The van der Waals surface area contributed by atoms with E-state index in [9.17, 15) is 4.79 Å². The Balaban J connectivity index is 3.28. The summed E-state index contributed by atoms with van der Waals surface area (Å²) in [5.74, 6) is 0.374. The minimum absolute atomic E-state index is 0.138. The molecule has 1 unspecified atom stereocenters. The van der Waals surface area contributed by atoms with Crippen molar-refractivity contribution in [1.29, 1.82) is 0 Å². The molecule has 0 spiro atoms. The van der Waals surface area contributed by atoms with Crippen molar-refractivity contribution in [3.63, 3.8) is 0 Å². The van der Waals surface area contributed by atoms with Crippen molar-refractivity contribution in [3.05, 3.63) is 29.8 Å². The fraction of sp³-hybridized carbons (Fsp3) is 0.533. The molecule has 0 aliphatic heterocycles. The maximum absolute atomic E-state index is 12.2. The third-order valence-electron chi connectivity index (χ3n) is 2.90. The number of esters is 1. The van der Waals surface area contributed by atoms with Crippen molar-refractivity contribution in [2.45, 2.75) is 39.3 Å². The van der Waals surface area contributed by atoms with Gasteiger partial charge in [0.25, 0.3) is 0 Å². The SMILES string of the molecule is CCOc1ccccc1C(C)(NC(C)C)C(=O)OC. The lowest BCUT2D eigenvalue weighted by molar-refractivity contribution is -0.148. The number of hydrogen-bond donors (Lipinski definition) is 1. The summed E-state index contributed by atoms with van der Waals surface area (Å²) in [6.45, 7) is 8.27. The van der Waals surface area contributed by atoms with E-state index in [0.29, 0.717) is 12.4 Å². The first-order valence-corrected chi connectivity index (χ1v) is 6.54. The van der Waals surface area contributed by atoms with Gasteiger partial charge in [-0.3, -0.25) is 5.32 Å². The molecule has 0 aliphatic rings. The predicted octanol–water partition coefficient (Wildman–Crippen LogP) is 2.47. The minimum atomic E-state index is -0.922. The second-order valence-corrected chi connectivity index (χ2v) is 4.84. The topological polar surface area (TPSA) is 47.6 Å². The number of carbonyl (C=O) groups is 1. The minimum Gasteiger partial charge on any atom is -0.494 e. The van der Waals surface area contributed by atoms with Crippen molar-refractivity contribution < 1.29 is 14.3 Å². The van der Waals surface area contributed by atoms with Crippen LogP contribution in [-0.4, -0.2) is 25.7 Å². The first-order chi connectivity index (χ1) is 8.95. The van der Waals surface area contributed by atoms with Crippen LogP contribution in [-0.2, 0) is 15.1 Å². The Bertz CT molecular complexity index is 431. The maximum Gasteiger partial charge on any atom is 0.330 e. The van der Waals surface area contributed by atoms with Gasteiger partial charge < -0.3 is 9.47 Å². The number of methoxy groups -OCH3 is 1. The molecule has 1 aromatic carbocycles. The highest BCUT2D eigenvalue weighted by Gasteiger charge is 2.39. The molecule has 0 heterocycles. The molecule has 1 N–H and O–H groups in total. The van der Waals surface area contributed by atoms with Gasteiger partial charge in [-0.1, -0.05) is 18.2 Å². The molecule has 0 aliphatic carbocycles. The van der Waals surface area contributed by atoms with E-state index in [4.69, 9.17) is 9.47 Å². The Morgan fingerprint density at radius 3 is 2.53 bits per heavy atom. The van der Waals surface area contributed by atoms with E-state index in [1.165, 1.54) is 7.11 Å². The smallest absolute Gasteiger partial charge is 0.330 e. The molecule has 0 amide bonds. The van der Waals surface area contributed by atoms with Gasteiger partial charge in [0.1, 0.15) is 11.3 Å². The third-order valence-corrected chi connectivity index (χ3v) is 2.90. The van der Waals surface area contributed by atoms with Crippen LogP contribution >= 0.6 is 0 Å². The summed E-state index contributed by atoms with van der Waals surface area (Å²) < 4.78 is 10.6. The standard InChI is InChI=1S/C15H23NO3/c1-6-19-13-10-8-7-9-12(13)15(4,14(17)18-5)16-11(2)3/h7-11,16H,6H2,1-5H3. The number of carbonyl (C=O) groups excluding carboxylic acids is 1. The van der Waals surface area contributed by atoms with Crippen LogP contribution in [0.15, 0.2) is 24.3 Å². The molecule has 19 heavy (non-hydrogen) atoms. The van der Waals surface area contributed by atoms with Crippen LogP contribution in [0, 0.1) is 0 Å². The number of para-hydroxylation sites is 1. The van der Waals surface area contributed by atoms with Gasteiger partial charge in [0.2, 0.25) is 0 Å². The molecule has 106 valence electrons. The van der Waals surface area contributed by atoms with Crippen LogP contribution in [0.5, 0.6) is 5.75 Å². The van der Waals surface area contributed by atoms with E-state index < -0.39 is 5.54 Å². The van der Waals surface area contributed by atoms with Crippen LogP contribution in [0.2, 0.25) is 0 Å². The second kappa shape index (κ2) is 6.57. The Labute approximate surface area is 115 Å². The average molecular weight is 265 g/mol. The molecule has 4 nitrogen and oxygen atoms in total. The third kappa shape index (κ3) is 3.47. The first-order valence-electron chi connectivity index (χ1n) is 6.54. The van der Waals surface area contributed by atoms with Gasteiger partial charge >= 0.3 is 5.97 Å². The molecular weight excluding hydrogens is 242 g/mol. The van der Waals surface area contributed by atoms with Crippen molar-refractivity contribution >= 4 is 5.97 Å². The highest BCUT2D eigenvalue weighted by atomic mass is 16.5. The number of benzene rings is 1. The number of hydrogen-bond acceptors (Lipinski definition) is 4. The van der Waals surface area contributed by atoms with E-state index in [1.807, 2.05) is 52.0 Å². The van der Waals surface area contributed by atoms with Gasteiger partial charge in [-0.15, -0.1) is 0 Å². The molecule has 4 heteroatoms. The Morgan fingerprint density at radius 2 is 2.00 bits per heavy atom. The zero-order valence-electron chi connectivity index (χ0n) is 12.3. The average Bonchev–Trinajstić information content (AvgIpc) is 2.37. The van der Waals surface area contributed by atoms with Crippen molar-refractivity contribution in [1.82, 2.24) is 5.32 Å². The van der Waals surface area contributed by atoms with Gasteiger partial charge in [-0.2, -0.15) is 0 Å². The maximum atomic E-state index is 12.2. The molecule has 1 rings (SSSR count). The molecule has 0 aromatic heterocycles. The molecule has 0 fully saturated rings. The van der Waals surface area contributed by atoms with Crippen LogP contribution in [0.1, 0.15) is 33.3 Å². The first kappa shape index (κ1) is 15.5. The summed E-state index contributed by atoms with van der Waals surface area (Å²) in [6, 6.07) is 7.67. The van der Waals surface area contributed by atoms with E-state index in [-0.39, 0.29) is 12.0 Å². The van der Waals surface area contributed by atoms with Crippen LogP contribution in [0.4, 0.5) is 0 Å². The summed E-state index contributed by atoms with van der Waals surface area (Å²) >= 11 is 0. The van der Waals surface area contributed by atoms with Crippen LogP contribution < -0.4 is 10.1 Å². The molecular formula is C15H23NO3. The lowest BCUT2D eigenvalue weighted by Gasteiger charge is -2.31. The van der Waals surface area contributed by atoms with Crippen LogP contribution in [0.25, 0.3) is 0 Å². The largest absolute Gasteiger partial charge is 0.494 e. The molecule has 0 radical (unpaired) electrons. The zero-order chi connectivity index (χ0) is 14.5. The Kier molecular flexibility index (Phi) is 5.36. The second-order valence-electron chi connectivity index (χ2n) is 4.84. The van der Waals surface area contributed by atoms with E-state index >= 15 is 0 Å². The van der Waals surface area contributed by atoms with Crippen molar-refractivity contribution in [2.75, 3.05) is 13.7 Å². The fourth-order valence-electron chi connectivity index (χ4n) is 2.19. The van der Waals surface area contributed by atoms with Gasteiger partial charge in [0.05, 0.1) is 13.7 Å². The summed E-state index contributed by atoms with van der Waals surface area (Å²) in [4.78, 5) is 12.2. The van der Waals surface area contributed by atoms with Gasteiger partial charge in [0.15, 0.2) is 0 Å². The lowest BCUT2D eigenvalue weighted by Crippen LogP contribution is -2.50. The molecule has 0 saturated carbocycles. The van der Waals surface area contributed by atoms with Gasteiger partial charge in [0, 0.05) is 11.6 Å². The Hall–Kier alpha value is -1.55. The lowest BCUT2D eigenvalue weighted by atomic mass is 9.90. The number of rotatable bonds is 6. The summed E-state index contributed by atoms with van der Waals surface area (Å²) in [5.41, 5.74) is -0.133. The monoisotopic (exact) mass is 265 g/mol. The van der Waals surface area contributed by atoms with Crippen molar-refractivity contribution in [3.8, 4) is 5.75 Å². The number of ether oxygens (including phenoxy) is 2. The summed E-state index contributed by atoms with van der Waals surface area (Å²) in [7, 11) is 1.39. The Morgan fingerprint density at radius 1 is 1.37 bits per heavy atom. The summed E-state index contributed by atoms with van der Waals surface area (Å²) in [6.07, 6.45) is 0. The fourth-order valence-corrected chi connectivity index (χ4v) is 2.19. The number of nitrogens with one attached hydrogen (secondary N) is 1. The van der Waals surface area contributed by atoms with E-state index in [0.717, 1.165) is 5.56 Å². The van der Waals surface area contributed by atoms with Crippen molar-refractivity contribution in [2.24, 2.45) is 0 Å². The molecule has 1 aromatic rings. The van der Waals surface area contributed by atoms with Crippen LogP contribution in [0.3, 0.4) is 0 Å². The van der Waals surface area contributed by atoms with Gasteiger partial charge in [-0.05, 0) is 33.8 Å². The van der Waals surface area contributed by atoms with E-state index in [1.54, 1.807) is 0 Å². The highest BCUT2D eigenvalue weighted by Crippen LogP contribution is 2.31.